The number of aromatic nitrogens is 5. The van der Waals surface area contributed by atoms with Gasteiger partial charge in [0, 0.05) is 56.3 Å². The van der Waals surface area contributed by atoms with E-state index in [1.165, 1.54) is 0 Å². The molecule has 8 nitrogen and oxygen atoms in total. The lowest BCUT2D eigenvalue weighted by atomic mass is 10.1. The monoisotopic (exact) mass is 353 g/mol. The summed E-state index contributed by atoms with van der Waals surface area (Å²) in [6.45, 7) is 4.48. The summed E-state index contributed by atoms with van der Waals surface area (Å²) in [6.07, 6.45) is 6.45. The first kappa shape index (κ1) is 16.9. The summed E-state index contributed by atoms with van der Waals surface area (Å²) in [6, 6.07) is 4.43. The number of rotatable bonds is 6. The highest BCUT2D eigenvalue weighted by atomic mass is 16.5. The predicted octanol–water partition coefficient (Wildman–Crippen LogP) is 1.44. The Bertz CT molecular complexity index is 866. The molecule has 0 saturated carbocycles. The van der Waals surface area contributed by atoms with E-state index < -0.39 is 0 Å². The number of fused-ring (bicyclic) bond motifs is 1. The van der Waals surface area contributed by atoms with Gasteiger partial charge < -0.3 is 15.0 Å². The molecule has 4 rings (SSSR count). The van der Waals surface area contributed by atoms with Gasteiger partial charge in [0.05, 0.1) is 6.10 Å². The summed E-state index contributed by atoms with van der Waals surface area (Å²) in [5.74, 6) is 0.948. The molecule has 136 valence electrons. The van der Waals surface area contributed by atoms with E-state index in [0.717, 1.165) is 54.2 Å². The van der Waals surface area contributed by atoms with Crippen LogP contribution in [0.15, 0.2) is 30.9 Å². The Morgan fingerprint density at radius 2 is 2.31 bits per heavy atom. The van der Waals surface area contributed by atoms with E-state index in [9.17, 15) is 0 Å². The smallest absolute Gasteiger partial charge is 0.181 e. The number of methoxy groups -OCH3 is 1. The largest absolute Gasteiger partial charge is 0.380 e. The van der Waals surface area contributed by atoms with Crippen molar-refractivity contribution in [3.05, 3.63) is 42.1 Å². The summed E-state index contributed by atoms with van der Waals surface area (Å²) in [5.41, 5.74) is 2.96. The predicted molar refractivity (Wildman–Crippen MR) is 98.9 cm³/mol. The molecule has 0 aliphatic carbocycles. The van der Waals surface area contributed by atoms with Gasteiger partial charge in [-0.1, -0.05) is 0 Å². The molecule has 0 unspecified atom stereocenters. The average Bonchev–Trinajstić information content (AvgIpc) is 3.26. The number of H-pyrrole nitrogens is 1. The molecule has 2 N–H and O–H groups in total. The van der Waals surface area contributed by atoms with E-state index >= 15 is 0 Å². The summed E-state index contributed by atoms with van der Waals surface area (Å²) in [5, 5.41) is 11.8. The second-order valence-electron chi connectivity index (χ2n) is 6.66. The van der Waals surface area contributed by atoms with Crippen LogP contribution in [0.5, 0.6) is 0 Å². The van der Waals surface area contributed by atoms with Crippen LogP contribution in [0.25, 0.3) is 11.0 Å². The van der Waals surface area contributed by atoms with Crippen molar-refractivity contribution in [2.24, 2.45) is 0 Å². The molecule has 1 aliphatic heterocycles. The Morgan fingerprint density at radius 3 is 3.12 bits per heavy atom. The van der Waals surface area contributed by atoms with Gasteiger partial charge in [-0.25, -0.2) is 15.0 Å². The van der Waals surface area contributed by atoms with Gasteiger partial charge in [0.2, 0.25) is 0 Å². The molecule has 0 amide bonds. The third-order valence-electron chi connectivity index (χ3n) is 4.94. The van der Waals surface area contributed by atoms with Gasteiger partial charge in [-0.3, -0.25) is 5.10 Å². The van der Waals surface area contributed by atoms with E-state index in [4.69, 9.17) is 4.74 Å². The van der Waals surface area contributed by atoms with Crippen molar-refractivity contribution in [3.8, 4) is 0 Å². The summed E-state index contributed by atoms with van der Waals surface area (Å²) < 4.78 is 5.58. The minimum atomic E-state index is 0.225. The van der Waals surface area contributed by atoms with Crippen LogP contribution in [0.1, 0.15) is 17.7 Å². The fourth-order valence-corrected chi connectivity index (χ4v) is 3.51. The highest BCUT2D eigenvalue weighted by Gasteiger charge is 2.32. The number of pyridine rings is 1. The van der Waals surface area contributed by atoms with Crippen molar-refractivity contribution in [2.75, 3.05) is 25.1 Å². The zero-order valence-electron chi connectivity index (χ0n) is 15.0. The first-order valence-electron chi connectivity index (χ1n) is 8.80. The lowest BCUT2D eigenvalue weighted by Crippen LogP contribution is -2.38. The van der Waals surface area contributed by atoms with Gasteiger partial charge in [0.1, 0.15) is 12.1 Å². The van der Waals surface area contributed by atoms with E-state index in [0.29, 0.717) is 6.04 Å². The number of nitrogens with zero attached hydrogens (tertiary/aromatic N) is 5. The van der Waals surface area contributed by atoms with E-state index in [2.05, 4.69) is 41.4 Å². The molecule has 26 heavy (non-hydrogen) atoms. The summed E-state index contributed by atoms with van der Waals surface area (Å²) >= 11 is 0. The summed E-state index contributed by atoms with van der Waals surface area (Å²) in [4.78, 5) is 15.1. The zero-order valence-corrected chi connectivity index (χ0v) is 15.0. The molecule has 3 aromatic heterocycles. The lowest BCUT2D eigenvalue weighted by Gasteiger charge is -2.25. The van der Waals surface area contributed by atoms with Crippen LogP contribution < -0.4 is 10.2 Å². The number of aryl methyl sites for hydroxylation is 1. The molecule has 8 heteroatoms. The fraction of sp³-hybridized carbons (Fsp3) is 0.444. The first-order chi connectivity index (χ1) is 12.7. The van der Waals surface area contributed by atoms with Crippen LogP contribution in [-0.2, 0) is 11.3 Å². The number of hydrogen-bond acceptors (Lipinski definition) is 7. The Kier molecular flexibility index (Phi) is 4.77. The van der Waals surface area contributed by atoms with E-state index in [1.54, 1.807) is 19.6 Å². The molecule has 3 aromatic rings. The quantitative estimate of drug-likeness (QED) is 0.693. The van der Waals surface area contributed by atoms with Crippen molar-refractivity contribution in [1.82, 2.24) is 30.5 Å². The van der Waals surface area contributed by atoms with Gasteiger partial charge in [-0.05, 0) is 31.0 Å². The van der Waals surface area contributed by atoms with Crippen LogP contribution in [-0.4, -0.2) is 57.5 Å². The van der Waals surface area contributed by atoms with Gasteiger partial charge in [0.25, 0.3) is 0 Å². The Hall–Kier alpha value is -2.58. The third-order valence-corrected chi connectivity index (χ3v) is 4.94. The molecule has 2 atom stereocenters. The highest BCUT2D eigenvalue weighted by molar-refractivity contribution is 5.77. The van der Waals surface area contributed by atoms with Gasteiger partial charge in [-0.2, -0.15) is 5.10 Å². The molecule has 0 bridgehead atoms. The van der Waals surface area contributed by atoms with Crippen molar-refractivity contribution in [3.63, 3.8) is 0 Å². The van der Waals surface area contributed by atoms with Crippen LogP contribution in [0.2, 0.25) is 0 Å². The van der Waals surface area contributed by atoms with Crippen LogP contribution in [0, 0.1) is 6.92 Å². The van der Waals surface area contributed by atoms with Crippen molar-refractivity contribution < 1.29 is 4.74 Å². The zero-order chi connectivity index (χ0) is 17.9. The Labute approximate surface area is 152 Å². The Morgan fingerprint density at radius 1 is 1.38 bits per heavy atom. The first-order valence-corrected chi connectivity index (χ1v) is 8.80. The topological polar surface area (TPSA) is 91.8 Å². The Balaban J connectivity index is 1.41. The van der Waals surface area contributed by atoms with Crippen molar-refractivity contribution in [1.29, 1.82) is 0 Å². The van der Waals surface area contributed by atoms with Gasteiger partial charge in [0.15, 0.2) is 5.65 Å². The second kappa shape index (κ2) is 7.35. The SMILES string of the molecule is CO[C@@H]1C[C@H](CNCc2cnc3n[nH]c(C)c3c2)N(c2ccncn2)C1. The standard InChI is InChI=1S/C18H23N7O/c1-12-16-5-13(8-21-18(16)24-23-12)7-20-9-14-6-15(26-2)10-25(14)17-3-4-19-11-22-17/h3-5,8,11,14-15,20H,6-7,9-10H2,1-2H3,(H,21,23,24)/t14-,15-/m1/s1. The molecule has 0 radical (unpaired) electrons. The molecular weight excluding hydrogens is 330 g/mol. The van der Waals surface area contributed by atoms with Crippen molar-refractivity contribution in [2.45, 2.75) is 32.0 Å². The molecule has 4 heterocycles. The second-order valence-corrected chi connectivity index (χ2v) is 6.66. The molecule has 1 fully saturated rings. The van der Waals surface area contributed by atoms with Crippen molar-refractivity contribution >= 4 is 16.9 Å². The number of anilines is 1. The normalized spacial score (nSPS) is 20.2. The number of nitrogens with one attached hydrogen (secondary N) is 2. The lowest BCUT2D eigenvalue weighted by molar-refractivity contribution is 0.118. The molecule has 1 aliphatic rings. The maximum Gasteiger partial charge on any atom is 0.181 e. The highest BCUT2D eigenvalue weighted by Crippen LogP contribution is 2.24. The van der Waals surface area contributed by atoms with Crippen LogP contribution in [0.4, 0.5) is 5.82 Å². The third kappa shape index (κ3) is 3.38. The van der Waals surface area contributed by atoms with E-state index in [-0.39, 0.29) is 6.10 Å². The van der Waals surface area contributed by atoms with Crippen LogP contribution >= 0.6 is 0 Å². The average molecular weight is 353 g/mol. The maximum atomic E-state index is 5.58. The van der Waals surface area contributed by atoms with E-state index in [1.807, 2.05) is 19.2 Å². The molecule has 0 spiro atoms. The van der Waals surface area contributed by atoms with Gasteiger partial charge in [-0.15, -0.1) is 0 Å². The number of aromatic amines is 1. The van der Waals surface area contributed by atoms with Gasteiger partial charge >= 0.3 is 0 Å². The minimum absolute atomic E-state index is 0.225. The fourth-order valence-electron chi connectivity index (χ4n) is 3.51. The molecule has 1 saturated heterocycles. The maximum absolute atomic E-state index is 5.58. The number of ether oxygens (including phenoxy) is 1. The van der Waals surface area contributed by atoms with Crippen LogP contribution in [0.3, 0.4) is 0 Å². The summed E-state index contributed by atoms with van der Waals surface area (Å²) in [7, 11) is 1.77. The molecular formula is C18H23N7O. The minimum Gasteiger partial charge on any atom is -0.380 e. The number of hydrogen-bond donors (Lipinski definition) is 2. The molecule has 0 aromatic carbocycles.